The number of likely N-dealkylation sites (tertiary alicyclic amines) is 2. The number of primary amides is 1. The Kier molecular flexibility index (Phi) is 9.14. The second-order valence-corrected chi connectivity index (χ2v) is 11.6. The molecule has 3 heterocycles. The van der Waals surface area contributed by atoms with Gasteiger partial charge in [-0.05, 0) is 35.9 Å². The van der Waals surface area contributed by atoms with Gasteiger partial charge in [0.1, 0.15) is 41.7 Å². The number of β-amino-alcohol motifs (C(OH)–C–C–N with tert-alkyl or cyclic N) is 1. The Balaban J connectivity index is 1.21. The number of hydrogen-bond donors (Lipinski definition) is 2. The monoisotopic (exact) mass is 641 g/mol. The van der Waals surface area contributed by atoms with Gasteiger partial charge in [0.25, 0.3) is 5.91 Å². The van der Waals surface area contributed by atoms with Crippen LogP contribution in [-0.2, 0) is 16.0 Å². The van der Waals surface area contributed by atoms with Crippen LogP contribution in [-0.4, -0.2) is 96.2 Å². The highest BCUT2D eigenvalue weighted by molar-refractivity contribution is 6.30. The van der Waals surface area contributed by atoms with Crippen molar-refractivity contribution in [1.29, 1.82) is 0 Å². The number of aliphatic hydroxyl groups is 1. The predicted octanol–water partition coefficient (Wildman–Crippen LogP) is 3.33. The number of alkyl halides is 3. The lowest BCUT2D eigenvalue weighted by atomic mass is 9.87. The molecule has 2 aromatic carbocycles. The Labute approximate surface area is 255 Å². The number of carbonyl (C=O) groups is 3. The van der Waals surface area contributed by atoms with Gasteiger partial charge in [0.15, 0.2) is 0 Å². The van der Waals surface area contributed by atoms with Crippen LogP contribution in [0.1, 0.15) is 35.2 Å². The van der Waals surface area contributed by atoms with Gasteiger partial charge in [-0.25, -0.2) is 9.59 Å². The summed E-state index contributed by atoms with van der Waals surface area (Å²) in [5.41, 5.74) is 5.76. The van der Waals surface area contributed by atoms with E-state index >= 15 is 0 Å². The van der Waals surface area contributed by atoms with Crippen molar-refractivity contribution in [3.63, 3.8) is 0 Å². The van der Waals surface area contributed by atoms with E-state index in [0.29, 0.717) is 24.5 Å². The summed E-state index contributed by atoms with van der Waals surface area (Å²) >= 11 is 6.12. The van der Waals surface area contributed by atoms with Gasteiger partial charge in [-0.3, -0.25) is 4.79 Å². The zero-order valence-corrected chi connectivity index (χ0v) is 24.2. The molecule has 1 unspecified atom stereocenters. The number of rotatable bonds is 8. The molecule has 2 atom stereocenters. The number of ether oxygens (including phenoxy) is 4. The second-order valence-electron chi connectivity index (χ2n) is 11.1. The van der Waals surface area contributed by atoms with Crippen molar-refractivity contribution in [2.24, 2.45) is 5.73 Å². The Hall–Kier alpha value is -3.75. The number of fused-ring (bicyclic) bond motifs is 1. The highest BCUT2D eigenvalue weighted by Crippen LogP contribution is 2.42. The van der Waals surface area contributed by atoms with Crippen molar-refractivity contribution in [2.75, 3.05) is 39.3 Å². The molecule has 238 valence electrons. The maximum atomic E-state index is 13.3. The van der Waals surface area contributed by atoms with E-state index in [1.807, 2.05) is 12.1 Å². The molecule has 11 nitrogen and oxygen atoms in total. The standard InChI is InChI=1S/C29H31ClF3N3O8/c30-18-1-4-23-17(11-18)13-28(44-23)6-9-35(10-7-28)14-19(37)16-41-24-12-20(42-26(39)29(31,32)33)2-3-22(24)25(38)36-8-5-21(15-36)43-27(34)40/h1-4,11-12,19,21,37H,5-10,13-16H2,(H2,34,40)/t19-,21?/m0/s1. The van der Waals surface area contributed by atoms with E-state index in [2.05, 4.69) is 9.64 Å². The normalized spacial score (nSPS) is 20.1. The molecule has 0 aromatic heterocycles. The number of nitrogens with zero attached hydrogens (tertiary/aromatic N) is 2. The average Bonchev–Trinajstić information content (AvgIpc) is 3.56. The van der Waals surface area contributed by atoms with Crippen molar-refractivity contribution >= 4 is 29.6 Å². The van der Waals surface area contributed by atoms with Crippen LogP contribution in [0.5, 0.6) is 17.2 Å². The third kappa shape index (κ3) is 7.48. The number of halogens is 4. The lowest BCUT2D eigenvalue weighted by Gasteiger charge is -2.39. The van der Waals surface area contributed by atoms with Crippen molar-refractivity contribution in [3.8, 4) is 17.2 Å². The van der Waals surface area contributed by atoms with E-state index in [0.717, 1.165) is 42.7 Å². The van der Waals surface area contributed by atoms with Crippen LogP contribution in [0.4, 0.5) is 18.0 Å². The number of amides is 2. The van der Waals surface area contributed by atoms with Gasteiger partial charge >= 0.3 is 18.2 Å². The lowest BCUT2D eigenvalue weighted by Crippen LogP contribution is -2.49. The van der Waals surface area contributed by atoms with E-state index in [-0.39, 0.29) is 43.2 Å². The van der Waals surface area contributed by atoms with E-state index in [1.165, 1.54) is 11.0 Å². The molecule has 2 aromatic rings. The smallest absolute Gasteiger partial charge is 0.490 e. The fraction of sp³-hybridized carbons (Fsp3) is 0.483. The second kappa shape index (κ2) is 12.7. The molecule has 3 aliphatic rings. The molecule has 15 heteroatoms. The number of nitrogens with two attached hydrogens (primary N) is 1. The number of aliphatic hydroxyl groups excluding tert-OH is 1. The van der Waals surface area contributed by atoms with Gasteiger partial charge in [0.05, 0.1) is 12.1 Å². The lowest BCUT2D eigenvalue weighted by molar-refractivity contribution is -0.189. The first kappa shape index (κ1) is 31.7. The van der Waals surface area contributed by atoms with Crippen molar-refractivity contribution in [2.45, 2.75) is 49.7 Å². The zero-order chi connectivity index (χ0) is 31.6. The zero-order valence-electron chi connectivity index (χ0n) is 23.5. The van der Waals surface area contributed by atoms with Crippen LogP contribution >= 0.6 is 11.6 Å². The number of benzene rings is 2. The van der Waals surface area contributed by atoms with Crippen molar-refractivity contribution in [3.05, 3.63) is 52.5 Å². The third-order valence-electron chi connectivity index (χ3n) is 7.87. The molecule has 3 N–H and O–H groups in total. The first-order valence-corrected chi connectivity index (χ1v) is 14.4. The molecular weight excluding hydrogens is 611 g/mol. The summed E-state index contributed by atoms with van der Waals surface area (Å²) < 4.78 is 59.7. The van der Waals surface area contributed by atoms with Crippen LogP contribution in [0.3, 0.4) is 0 Å². The third-order valence-corrected chi connectivity index (χ3v) is 8.10. The Morgan fingerprint density at radius 2 is 1.89 bits per heavy atom. The molecule has 44 heavy (non-hydrogen) atoms. The fourth-order valence-electron chi connectivity index (χ4n) is 5.73. The van der Waals surface area contributed by atoms with Crippen LogP contribution in [0.2, 0.25) is 5.02 Å². The molecule has 5 rings (SSSR count). The Morgan fingerprint density at radius 3 is 2.59 bits per heavy atom. The van der Waals surface area contributed by atoms with Gasteiger partial charge in [-0.15, -0.1) is 0 Å². The summed E-state index contributed by atoms with van der Waals surface area (Å²) in [6.45, 7) is 1.50. The minimum Gasteiger partial charge on any atom is -0.490 e. The van der Waals surface area contributed by atoms with E-state index < -0.39 is 42.1 Å². The number of esters is 1. The number of hydrogen-bond acceptors (Lipinski definition) is 9. The van der Waals surface area contributed by atoms with Gasteiger partial charge < -0.3 is 39.6 Å². The van der Waals surface area contributed by atoms with Gasteiger partial charge in [0.2, 0.25) is 0 Å². The molecule has 0 aliphatic carbocycles. The molecular formula is C29H31ClF3N3O8. The van der Waals surface area contributed by atoms with Crippen molar-refractivity contribution < 1.29 is 51.6 Å². The number of carbonyl (C=O) groups excluding carboxylic acids is 3. The fourth-order valence-corrected chi connectivity index (χ4v) is 5.93. The van der Waals surface area contributed by atoms with Gasteiger partial charge in [-0.2, -0.15) is 13.2 Å². The Morgan fingerprint density at radius 1 is 1.14 bits per heavy atom. The Bertz CT molecular complexity index is 1420. The minimum atomic E-state index is -5.23. The predicted molar refractivity (Wildman–Crippen MR) is 149 cm³/mol. The molecule has 0 bridgehead atoms. The first-order valence-electron chi connectivity index (χ1n) is 14.0. The maximum absolute atomic E-state index is 13.3. The quantitative estimate of drug-likeness (QED) is 0.328. The average molecular weight is 642 g/mol. The maximum Gasteiger partial charge on any atom is 0.491 e. The van der Waals surface area contributed by atoms with Crippen LogP contribution < -0.4 is 19.9 Å². The minimum absolute atomic E-state index is 0.0401. The molecule has 2 saturated heterocycles. The SMILES string of the molecule is NC(=O)OC1CCN(C(=O)c2ccc(OC(=O)C(F)(F)F)cc2OC[C@@H](O)CN2CCC3(CC2)Cc2cc(Cl)ccc2O3)C1. The van der Waals surface area contributed by atoms with Crippen LogP contribution in [0.25, 0.3) is 0 Å². The van der Waals surface area contributed by atoms with Gasteiger partial charge in [0, 0.05) is 63.0 Å². The molecule has 1 spiro atoms. The van der Waals surface area contributed by atoms with Gasteiger partial charge in [-0.1, -0.05) is 11.6 Å². The summed E-state index contributed by atoms with van der Waals surface area (Å²) in [5, 5.41) is 11.4. The number of piperidine rings is 1. The molecule has 3 aliphatic heterocycles. The highest BCUT2D eigenvalue weighted by atomic mass is 35.5. The molecule has 0 radical (unpaired) electrons. The summed E-state index contributed by atoms with van der Waals surface area (Å²) in [5.74, 6) is -2.85. The van der Waals surface area contributed by atoms with E-state index in [4.69, 9.17) is 31.5 Å². The summed E-state index contributed by atoms with van der Waals surface area (Å²) in [7, 11) is 0. The van der Waals surface area contributed by atoms with Crippen LogP contribution in [0.15, 0.2) is 36.4 Å². The van der Waals surface area contributed by atoms with Crippen LogP contribution in [0, 0.1) is 0 Å². The summed E-state index contributed by atoms with van der Waals surface area (Å²) in [6, 6.07) is 8.77. The summed E-state index contributed by atoms with van der Waals surface area (Å²) in [6.07, 6.45) is -5.29. The molecule has 2 fully saturated rings. The van der Waals surface area contributed by atoms with E-state index in [1.54, 1.807) is 6.07 Å². The van der Waals surface area contributed by atoms with E-state index in [9.17, 15) is 32.7 Å². The van der Waals surface area contributed by atoms with Crippen molar-refractivity contribution in [1.82, 2.24) is 9.80 Å². The molecule has 2 amide bonds. The molecule has 0 saturated carbocycles. The topological polar surface area (TPSA) is 141 Å². The first-order chi connectivity index (χ1) is 20.8. The summed E-state index contributed by atoms with van der Waals surface area (Å²) in [4.78, 5) is 39.2. The highest BCUT2D eigenvalue weighted by Gasteiger charge is 2.43. The largest absolute Gasteiger partial charge is 0.491 e.